The van der Waals surface area contributed by atoms with E-state index in [0.29, 0.717) is 17.6 Å². The molecule has 0 bridgehead atoms. The van der Waals surface area contributed by atoms with Crippen LogP contribution in [0.5, 0.6) is 0 Å². The zero-order chi connectivity index (χ0) is 37.0. The van der Waals surface area contributed by atoms with Crippen LogP contribution in [-0.4, -0.2) is 19.5 Å². The van der Waals surface area contributed by atoms with Crippen LogP contribution in [0.3, 0.4) is 0 Å². The zero-order valence-electron chi connectivity index (χ0n) is 30.2. The molecule has 0 saturated carbocycles. The van der Waals surface area contributed by atoms with Gasteiger partial charge >= 0.3 is 0 Å². The van der Waals surface area contributed by atoms with Crippen molar-refractivity contribution in [2.24, 2.45) is 0 Å². The number of aromatic nitrogens is 4. The maximum absolute atomic E-state index is 6.28. The summed E-state index contributed by atoms with van der Waals surface area (Å²) in [5, 5.41) is 4.46. The van der Waals surface area contributed by atoms with Crippen molar-refractivity contribution in [1.29, 1.82) is 0 Å². The van der Waals surface area contributed by atoms with E-state index in [4.69, 9.17) is 19.4 Å². The summed E-state index contributed by atoms with van der Waals surface area (Å²) in [6.07, 6.45) is 0. The number of hydrogen-bond acceptors (Lipinski definition) is 4. The lowest BCUT2D eigenvalue weighted by Gasteiger charge is -2.12. The van der Waals surface area contributed by atoms with Gasteiger partial charge in [0.25, 0.3) is 0 Å². The molecule has 0 spiro atoms. The Bertz CT molecular complexity index is 3240. The predicted molar refractivity (Wildman–Crippen MR) is 229 cm³/mol. The number of nitrogens with zero attached hydrogens (tertiary/aromatic N) is 4. The Labute approximate surface area is 322 Å². The summed E-state index contributed by atoms with van der Waals surface area (Å²) in [6.45, 7) is 0. The normalized spacial score (nSPS) is 11.6. The Kier molecular flexibility index (Phi) is 7.42. The van der Waals surface area contributed by atoms with Crippen LogP contribution in [0.25, 0.3) is 106 Å². The summed E-state index contributed by atoms with van der Waals surface area (Å²) < 4.78 is 8.46. The molecule has 5 nitrogen and oxygen atoms in total. The summed E-state index contributed by atoms with van der Waals surface area (Å²) >= 11 is 0. The summed E-state index contributed by atoms with van der Waals surface area (Å²) in [5.41, 5.74) is 12.5. The second-order valence-corrected chi connectivity index (χ2v) is 14.0. The van der Waals surface area contributed by atoms with E-state index in [0.717, 1.165) is 77.1 Å². The van der Waals surface area contributed by atoms with Gasteiger partial charge in [-0.05, 0) is 63.7 Å². The zero-order valence-corrected chi connectivity index (χ0v) is 30.2. The van der Waals surface area contributed by atoms with Gasteiger partial charge in [-0.25, -0.2) is 4.98 Å². The van der Waals surface area contributed by atoms with Gasteiger partial charge in [-0.1, -0.05) is 164 Å². The molecule has 0 atom stereocenters. The number of benzene rings is 8. The van der Waals surface area contributed by atoms with Gasteiger partial charge in [-0.3, -0.25) is 4.57 Å². The topological polar surface area (TPSA) is 56.7 Å². The van der Waals surface area contributed by atoms with E-state index < -0.39 is 0 Å². The Hall–Kier alpha value is -7.63. The van der Waals surface area contributed by atoms with E-state index in [9.17, 15) is 0 Å². The van der Waals surface area contributed by atoms with Gasteiger partial charge in [0.15, 0.2) is 11.6 Å². The molecule has 0 unspecified atom stereocenters. The third-order valence-electron chi connectivity index (χ3n) is 10.7. The quantitative estimate of drug-likeness (QED) is 0.172. The predicted octanol–water partition coefficient (Wildman–Crippen LogP) is 13.2. The highest BCUT2D eigenvalue weighted by molar-refractivity contribution is 6.14. The fourth-order valence-electron chi connectivity index (χ4n) is 8.00. The highest BCUT2D eigenvalue weighted by Crippen LogP contribution is 2.40. The molecule has 0 aliphatic carbocycles. The third kappa shape index (κ3) is 5.37. The van der Waals surface area contributed by atoms with E-state index in [2.05, 4.69) is 144 Å². The van der Waals surface area contributed by atoms with E-state index >= 15 is 0 Å². The van der Waals surface area contributed by atoms with E-state index in [1.807, 2.05) is 54.6 Å². The van der Waals surface area contributed by atoms with Crippen LogP contribution in [0.15, 0.2) is 199 Å². The lowest BCUT2D eigenvalue weighted by atomic mass is 9.98. The first-order valence-corrected chi connectivity index (χ1v) is 18.8. The van der Waals surface area contributed by atoms with Crippen molar-refractivity contribution in [3.63, 3.8) is 0 Å². The molecule has 56 heavy (non-hydrogen) atoms. The van der Waals surface area contributed by atoms with Crippen molar-refractivity contribution in [3.05, 3.63) is 194 Å². The molecule has 0 N–H and O–H groups in total. The Morgan fingerprint density at radius 1 is 0.339 bits per heavy atom. The van der Waals surface area contributed by atoms with Crippen molar-refractivity contribution in [2.45, 2.75) is 0 Å². The van der Waals surface area contributed by atoms with Crippen molar-refractivity contribution >= 4 is 43.7 Å². The second-order valence-electron chi connectivity index (χ2n) is 14.0. The molecule has 5 heteroatoms. The highest BCUT2D eigenvalue weighted by Gasteiger charge is 2.20. The van der Waals surface area contributed by atoms with E-state index in [1.165, 1.54) is 11.1 Å². The largest absolute Gasteiger partial charge is 0.456 e. The fraction of sp³-hybridized carbons (Fsp3) is 0. The summed E-state index contributed by atoms with van der Waals surface area (Å²) in [6, 6.07) is 67.5. The van der Waals surface area contributed by atoms with Crippen molar-refractivity contribution in [3.8, 4) is 62.1 Å². The molecule has 0 aliphatic rings. The molecule has 8 aromatic carbocycles. The van der Waals surface area contributed by atoms with Gasteiger partial charge in [-0.2, -0.15) is 9.97 Å². The molecule has 0 saturated heterocycles. The summed E-state index contributed by atoms with van der Waals surface area (Å²) in [7, 11) is 0. The highest BCUT2D eigenvalue weighted by atomic mass is 16.3. The number of hydrogen-bond donors (Lipinski definition) is 0. The Morgan fingerprint density at radius 2 is 0.875 bits per heavy atom. The molecule has 0 aliphatic heterocycles. The monoisotopic (exact) mass is 716 g/mol. The van der Waals surface area contributed by atoms with Gasteiger partial charge in [-0.15, -0.1) is 0 Å². The fourth-order valence-corrected chi connectivity index (χ4v) is 8.00. The number of rotatable bonds is 6. The first-order chi connectivity index (χ1) is 27.7. The molecular formula is C51H32N4O. The average molecular weight is 717 g/mol. The molecule has 0 amide bonds. The number of fused-ring (bicyclic) bond motifs is 6. The molecule has 3 aromatic heterocycles. The van der Waals surface area contributed by atoms with E-state index in [1.54, 1.807) is 0 Å². The van der Waals surface area contributed by atoms with Crippen LogP contribution in [0.4, 0.5) is 0 Å². The summed E-state index contributed by atoms with van der Waals surface area (Å²) in [5.74, 6) is 1.78. The minimum Gasteiger partial charge on any atom is -0.456 e. The van der Waals surface area contributed by atoms with Gasteiger partial charge in [0.1, 0.15) is 11.2 Å². The lowest BCUT2D eigenvalue weighted by Crippen LogP contribution is -2.06. The molecule has 262 valence electrons. The van der Waals surface area contributed by atoms with Crippen LogP contribution >= 0.6 is 0 Å². The lowest BCUT2D eigenvalue weighted by molar-refractivity contribution is 0.669. The van der Waals surface area contributed by atoms with Crippen LogP contribution in [0, 0.1) is 0 Å². The van der Waals surface area contributed by atoms with Gasteiger partial charge in [0.05, 0.1) is 11.0 Å². The van der Waals surface area contributed by atoms with Gasteiger partial charge in [0.2, 0.25) is 5.95 Å². The molecule has 11 rings (SSSR count). The second kappa shape index (κ2) is 13.0. The molecule has 0 fully saturated rings. The minimum absolute atomic E-state index is 0.559. The first kappa shape index (κ1) is 31.9. The van der Waals surface area contributed by atoms with Crippen molar-refractivity contribution < 1.29 is 4.42 Å². The van der Waals surface area contributed by atoms with Crippen molar-refractivity contribution in [1.82, 2.24) is 19.5 Å². The van der Waals surface area contributed by atoms with Crippen LogP contribution in [-0.2, 0) is 0 Å². The maximum Gasteiger partial charge on any atom is 0.238 e. The average Bonchev–Trinajstić information content (AvgIpc) is 3.83. The number of para-hydroxylation sites is 2. The Balaban J connectivity index is 1.08. The van der Waals surface area contributed by atoms with Gasteiger partial charge in [0, 0.05) is 32.7 Å². The first-order valence-electron chi connectivity index (χ1n) is 18.8. The van der Waals surface area contributed by atoms with E-state index in [-0.39, 0.29) is 0 Å². The smallest absolute Gasteiger partial charge is 0.238 e. The summed E-state index contributed by atoms with van der Waals surface area (Å²) in [4.78, 5) is 15.5. The Morgan fingerprint density at radius 3 is 1.64 bits per heavy atom. The van der Waals surface area contributed by atoms with Crippen molar-refractivity contribution in [2.75, 3.05) is 0 Å². The van der Waals surface area contributed by atoms with Gasteiger partial charge < -0.3 is 4.42 Å². The standard InChI is InChI=1S/C51H32N4O/c1-3-13-33(14-4-1)37-17-11-18-38(31-37)34-25-27-36(28-26-34)50-52-49(35-15-5-2-6-16-35)53-51(54-50)55-44-22-9-7-19-41(44)42-30-29-39(32-45(42)55)40-21-12-24-47-48(40)43-20-8-10-23-46(43)56-47/h1-32H. The van der Waals surface area contributed by atoms with Crippen LogP contribution in [0.2, 0.25) is 0 Å². The molecular weight excluding hydrogens is 685 g/mol. The van der Waals surface area contributed by atoms with Crippen LogP contribution in [0.1, 0.15) is 0 Å². The van der Waals surface area contributed by atoms with Crippen LogP contribution < -0.4 is 0 Å². The maximum atomic E-state index is 6.28. The third-order valence-corrected chi connectivity index (χ3v) is 10.7. The molecule has 0 radical (unpaired) electrons. The molecule has 3 heterocycles. The molecule has 11 aromatic rings. The SMILES string of the molecule is c1ccc(-c2cccc(-c3ccc(-c4nc(-c5ccccc5)nc(-n5c6ccccc6c6ccc(-c7cccc8oc9ccccc9c78)cc65)n4)cc3)c2)cc1. The number of furan rings is 1. The minimum atomic E-state index is 0.559.